The third-order valence-corrected chi connectivity index (χ3v) is 2.16. The van der Waals surface area contributed by atoms with Crippen LogP contribution >= 0.6 is 0 Å². The van der Waals surface area contributed by atoms with Gasteiger partial charge in [-0.2, -0.15) is 0 Å². The minimum absolute atomic E-state index is 1.09. The van der Waals surface area contributed by atoms with Gasteiger partial charge in [0.05, 0.1) is 0 Å². The molecule has 1 fully saturated rings. The first kappa shape index (κ1) is 12.0. The van der Waals surface area contributed by atoms with Crippen molar-refractivity contribution in [2.45, 2.75) is 52.9 Å². The lowest BCUT2D eigenvalue weighted by molar-refractivity contribution is 0.654. The number of nitrogens with one attached hydrogen (secondary N) is 1. The summed E-state index contributed by atoms with van der Waals surface area (Å²) >= 11 is 0. The van der Waals surface area contributed by atoms with Gasteiger partial charge in [0.2, 0.25) is 0 Å². The molecule has 74 valence electrons. The highest BCUT2D eigenvalue weighted by molar-refractivity contribution is 4.71. The van der Waals surface area contributed by atoms with E-state index in [-0.39, 0.29) is 0 Å². The minimum atomic E-state index is 1.09. The second kappa shape index (κ2) is 9.05. The highest BCUT2D eigenvalue weighted by atomic mass is 14.8. The molecule has 0 bridgehead atoms. The van der Waals surface area contributed by atoms with Crippen molar-refractivity contribution in [2.75, 3.05) is 13.1 Å². The summed E-state index contributed by atoms with van der Waals surface area (Å²) in [5.74, 6) is 1.15. The zero-order valence-electron chi connectivity index (χ0n) is 9.03. The fourth-order valence-corrected chi connectivity index (χ4v) is 1.15. The van der Waals surface area contributed by atoms with Crippen LogP contribution in [-0.2, 0) is 0 Å². The molecule has 1 rings (SSSR count). The Morgan fingerprint density at radius 2 is 1.67 bits per heavy atom. The maximum atomic E-state index is 3.11. The predicted octanol–water partition coefficient (Wildman–Crippen LogP) is 3.20. The van der Waals surface area contributed by atoms with Gasteiger partial charge in [-0.1, -0.05) is 52.9 Å². The molecule has 0 spiro atoms. The molecule has 0 aromatic heterocycles. The molecular formula is C11H25N. The van der Waals surface area contributed by atoms with E-state index >= 15 is 0 Å². The molecule has 0 aromatic rings. The predicted molar refractivity (Wildman–Crippen MR) is 56.5 cm³/mol. The average Bonchev–Trinajstić information content (AvgIpc) is 2.87. The smallest absolute Gasteiger partial charge is 0.00775 e. The summed E-state index contributed by atoms with van der Waals surface area (Å²) in [4.78, 5) is 0. The quantitative estimate of drug-likeness (QED) is 0.670. The molecule has 0 heterocycles. The van der Waals surface area contributed by atoms with E-state index in [9.17, 15) is 0 Å². The van der Waals surface area contributed by atoms with Gasteiger partial charge in [-0.25, -0.2) is 0 Å². The summed E-state index contributed by atoms with van der Waals surface area (Å²) < 4.78 is 0. The van der Waals surface area contributed by atoms with Gasteiger partial charge < -0.3 is 5.32 Å². The van der Waals surface area contributed by atoms with Crippen LogP contribution in [0, 0.1) is 5.92 Å². The van der Waals surface area contributed by atoms with Crippen LogP contribution in [0.2, 0.25) is 0 Å². The summed E-state index contributed by atoms with van der Waals surface area (Å²) in [6.07, 6.45) is 7.41. The van der Waals surface area contributed by atoms with E-state index < -0.39 is 0 Å². The SMILES string of the molecule is CCCCC1CC1.CCNCC. The Hall–Kier alpha value is -0.0400. The van der Waals surface area contributed by atoms with Crippen LogP contribution in [-0.4, -0.2) is 13.1 Å². The first-order chi connectivity index (χ1) is 5.85. The Balaban J connectivity index is 0.000000217. The van der Waals surface area contributed by atoms with Gasteiger partial charge in [-0.05, 0) is 19.0 Å². The third-order valence-electron chi connectivity index (χ3n) is 2.16. The number of hydrogen-bond donors (Lipinski definition) is 1. The Bertz CT molecular complexity index is 75.1. The topological polar surface area (TPSA) is 12.0 Å². The zero-order chi connectivity index (χ0) is 9.23. The summed E-state index contributed by atoms with van der Waals surface area (Å²) in [6.45, 7) is 8.66. The maximum absolute atomic E-state index is 3.11. The molecule has 0 aliphatic heterocycles. The third kappa shape index (κ3) is 9.96. The lowest BCUT2D eigenvalue weighted by atomic mass is 10.2. The summed E-state index contributed by atoms with van der Waals surface area (Å²) in [5.41, 5.74) is 0. The van der Waals surface area contributed by atoms with Crippen molar-refractivity contribution in [1.29, 1.82) is 0 Å². The van der Waals surface area contributed by atoms with Crippen molar-refractivity contribution >= 4 is 0 Å². The second-order valence-corrected chi connectivity index (χ2v) is 3.54. The molecule has 12 heavy (non-hydrogen) atoms. The highest BCUT2D eigenvalue weighted by Gasteiger charge is 2.19. The monoisotopic (exact) mass is 171 g/mol. The largest absolute Gasteiger partial charge is 0.317 e. The van der Waals surface area contributed by atoms with Crippen LogP contribution in [0.4, 0.5) is 0 Å². The van der Waals surface area contributed by atoms with Crippen molar-refractivity contribution in [2.24, 2.45) is 5.92 Å². The number of rotatable bonds is 5. The van der Waals surface area contributed by atoms with Gasteiger partial charge in [0.15, 0.2) is 0 Å². The van der Waals surface area contributed by atoms with Crippen LogP contribution < -0.4 is 5.32 Å². The molecule has 1 heteroatoms. The molecule has 1 saturated carbocycles. The van der Waals surface area contributed by atoms with Gasteiger partial charge in [-0.15, -0.1) is 0 Å². The minimum Gasteiger partial charge on any atom is -0.317 e. The maximum Gasteiger partial charge on any atom is -0.00775 e. The Labute approximate surface area is 77.9 Å². The average molecular weight is 171 g/mol. The molecule has 0 amide bonds. The molecule has 0 atom stereocenters. The van der Waals surface area contributed by atoms with Crippen LogP contribution in [0.25, 0.3) is 0 Å². The van der Waals surface area contributed by atoms with Crippen LogP contribution in [0.5, 0.6) is 0 Å². The van der Waals surface area contributed by atoms with Gasteiger partial charge in [-0.3, -0.25) is 0 Å². The van der Waals surface area contributed by atoms with E-state index in [1.165, 1.54) is 32.1 Å². The Kier molecular flexibility index (Phi) is 9.02. The molecule has 1 nitrogen and oxygen atoms in total. The van der Waals surface area contributed by atoms with Crippen LogP contribution in [0.1, 0.15) is 52.9 Å². The Morgan fingerprint density at radius 1 is 1.08 bits per heavy atom. The van der Waals surface area contributed by atoms with Crippen LogP contribution in [0.15, 0.2) is 0 Å². The lowest BCUT2D eigenvalue weighted by Gasteiger charge is -1.88. The molecule has 1 aliphatic carbocycles. The van der Waals surface area contributed by atoms with Crippen molar-refractivity contribution in [3.8, 4) is 0 Å². The van der Waals surface area contributed by atoms with Gasteiger partial charge >= 0.3 is 0 Å². The number of hydrogen-bond acceptors (Lipinski definition) is 1. The molecule has 0 saturated heterocycles. The van der Waals surface area contributed by atoms with Crippen molar-refractivity contribution in [3.63, 3.8) is 0 Å². The summed E-state index contributed by atoms with van der Waals surface area (Å²) in [6, 6.07) is 0. The molecule has 0 unspecified atom stereocenters. The normalized spacial score (nSPS) is 15.2. The fourth-order valence-electron chi connectivity index (χ4n) is 1.15. The van der Waals surface area contributed by atoms with Gasteiger partial charge in [0.1, 0.15) is 0 Å². The van der Waals surface area contributed by atoms with E-state index in [2.05, 4.69) is 26.1 Å². The first-order valence-corrected chi connectivity index (χ1v) is 5.55. The van der Waals surface area contributed by atoms with Gasteiger partial charge in [0.25, 0.3) is 0 Å². The van der Waals surface area contributed by atoms with E-state index in [4.69, 9.17) is 0 Å². The first-order valence-electron chi connectivity index (χ1n) is 5.55. The van der Waals surface area contributed by atoms with Crippen LogP contribution in [0.3, 0.4) is 0 Å². The molecule has 0 aromatic carbocycles. The zero-order valence-corrected chi connectivity index (χ0v) is 9.03. The highest BCUT2D eigenvalue weighted by Crippen LogP contribution is 2.33. The fraction of sp³-hybridized carbons (Fsp3) is 1.00. The standard InChI is InChI=1S/C7H14.C4H11N/c1-2-3-4-7-5-6-7;1-3-5-4-2/h7H,2-6H2,1H3;5H,3-4H2,1-2H3. The van der Waals surface area contributed by atoms with E-state index in [0.29, 0.717) is 0 Å². The second-order valence-electron chi connectivity index (χ2n) is 3.54. The van der Waals surface area contributed by atoms with Gasteiger partial charge in [0, 0.05) is 0 Å². The van der Waals surface area contributed by atoms with E-state index in [1.807, 2.05) is 0 Å². The van der Waals surface area contributed by atoms with Crippen molar-refractivity contribution in [1.82, 2.24) is 5.32 Å². The summed E-state index contributed by atoms with van der Waals surface area (Å²) in [7, 11) is 0. The number of unbranched alkanes of at least 4 members (excludes halogenated alkanes) is 1. The van der Waals surface area contributed by atoms with E-state index in [0.717, 1.165) is 19.0 Å². The molecule has 0 radical (unpaired) electrons. The van der Waals surface area contributed by atoms with Crippen molar-refractivity contribution in [3.05, 3.63) is 0 Å². The Morgan fingerprint density at radius 3 is 1.92 bits per heavy atom. The molecule has 1 aliphatic rings. The summed E-state index contributed by atoms with van der Waals surface area (Å²) in [5, 5.41) is 3.11. The molecule has 1 N–H and O–H groups in total. The molecular weight excluding hydrogens is 146 g/mol. The van der Waals surface area contributed by atoms with Crippen molar-refractivity contribution < 1.29 is 0 Å². The lowest BCUT2D eigenvalue weighted by Crippen LogP contribution is -2.09. The van der Waals surface area contributed by atoms with E-state index in [1.54, 1.807) is 0 Å².